The second-order valence-electron chi connectivity index (χ2n) is 11.3. The normalized spacial score (nSPS) is 10.7. The average molecular weight is 619 g/mol. The van der Waals surface area contributed by atoms with Crippen LogP contribution in [0, 0.1) is 0 Å². The molecule has 0 atom stereocenters. The van der Waals surface area contributed by atoms with Crippen LogP contribution in [0.1, 0.15) is 141 Å². The van der Waals surface area contributed by atoms with Crippen LogP contribution in [0.5, 0.6) is 11.5 Å². The van der Waals surface area contributed by atoms with Gasteiger partial charge in [0.05, 0.1) is 14.2 Å². The third-order valence-electron chi connectivity index (χ3n) is 7.53. The van der Waals surface area contributed by atoms with Crippen molar-refractivity contribution in [3.8, 4) is 11.5 Å². The van der Waals surface area contributed by atoms with Gasteiger partial charge in [-0.25, -0.2) is 0 Å². The van der Waals surface area contributed by atoms with Gasteiger partial charge in [-0.3, -0.25) is 0 Å². The average Bonchev–Trinajstić information content (AvgIpc) is 2.95. The summed E-state index contributed by atoms with van der Waals surface area (Å²) in [6.45, 7) is 4.54. The van der Waals surface area contributed by atoms with Gasteiger partial charge in [0.15, 0.2) is 0 Å². The highest BCUT2D eigenvalue weighted by atomic mass is 79.9. The summed E-state index contributed by atoms with van der Waals surface area (Å²) in [6.07, 6.45) is 27.0. The minimum Gasteiger partial charge on any atom is -0.497 e. The molecule has 0 saturated carbocycles. The SMILES string of the molecule is CCCCCCCCCCCc1cc(Br)cc(OC)c1.CCCCCCCCCCCc1cc(N)cc(OC)c1. The smallest absolute Gasteiger partial charge is 0.121 e. The third kappa shape index (κ3) is 19.4. The van der Waals surface area contributed by atoms with Crippen molar-refractivity contribution in [1.29, 1.82) is 0 Å². The van der Waals surface area contributed by atoms with Crippen LogP contribution in [0.4, 0.5) is 5.69 Å². The highest BCUT2D eigenvalue weighted by molar-refractivity contribution is 9.10. The number of nitrogens with two attached hydrogens (primary N) is 1. The van der Waals surface area contributed by atoms with E-state index in [0.29, 0.717) is 0 Å². The van der Waals surface area contributed by atoms with Crippen LogP contribution in [-0.4, -0.2) is 14.2 Å². The molecule has 0 aliphatic rings. The van der Waals surface area contributed by atoms with Gasteiger partial charge < -0.3 is 15.2 Å². The number of halogens is 1. The summed E-state index contributed by atoms with van der Waals surface area (Å²) in [5.74, 6) is 1.82. The monoisotopic (exact) mass is 617 g/mol. The molecule has 0 heterocycles. The largest absolute Gasteiger partial charge is 0.497 e. The summed E-state index contributed by atoms with van der Waals surface area (Å²) < 4.78 is 11.7. The Labute approximate surface area is 256 Å². The summed E-state index contributed by atoms with van der Waals surface area (Å²) in [4.78, 5) is 0. The molecule has 2 aromatic rings. The fraction of sp³-hybridized carbons (Fsp3) is 0.667. The van der Waals surface area contributed by atoms with Crippen LogP contribution in [0.3, 0.4) is 0 Å². The second-order valence-corrected chi connectivity index (χ2v) is 12.2. The van der Waals surface area contributed by atoms with Crippen molar-refractivity contribution >= 4 is 21.6 Å². The van der Waals surface area contributed by atoms with Gasteiger partial charge in [-0.05, 0) is 67.1 Å². The first-order valence-electron chi connectivity index (χ1n) is 16.3. The maximum Gasteiger partial charge on any atom is 0.121 e. The molecule has 0 radical (unpaired) electrons. The minimum atomic E-state index is 0.801. The third-order valence-corrected chi connectivity index (χ3v) is 7.99. The van der Waals surface area contributed by atoms with Crippen LogP contribution >= 0.6 is 15.9 Å². The summed E-state index contributed by atoms with van der Waals surface area (Å²) >= 11 is 3.54. The number of rotatable bonds is 22. The highest BCUT2D eigenvalue weighted by Crippen LogP contribution is 2.23. The van der Waals surface area contributed by atoms with Crippen LogP contribution in [0.2, 0.25) is 0 Å². The number of ether oxygens (including phenoxy) is 2. The molecule has 2 aromatic carbocycles. The number of nitrogen functional groups attached to an aromatic ring is 1. The standard InChI is InChI=1S/C18H29BrO.C18H31NO/c2*1-3-4-5-6-7-8-9-10-11-12-16-13-17(19)15-18(14-16)20-2/h13-15H,3-12H2,1-2H3;13-15H,3-12,19H2,1-2H3. The van der Waals surface area contributed by atoms with Gasteiger partial charge in [0.1, 0.15) is 11.5 Å². The summed E-state index contributed by atoms with van der Waals surface area (Å²) in [5.41, 5.74) is 9.34. The van der Waals surface area contributed by atoms with Crippen molar-refractivity contribution in [3.63, 3.8) is 0 Å². The number of aryl methyl sites for hydroxylation is 2. The Morgan fingerprint density at radius 3 is 1.30 bits per heavy atom. The molecule has 0 bridgehead atoms. The molecule has 0 aliphatic heterocycles. The molecule has 228 valence electrons. The molecule has 0 fully saturated rings. The lowest BCUT2D eigenvalue weighted by Gasteiger charge is -2.07. The Morgan fingerprint density at radius 2 is 0.875 bits per heavy atom. The molecule has 0 unspecified atom stereocenters. The van der Waals surface area contributed by atoms with E-state index in [1.54, 1.807) is 14.2 Å². The van der Waals surface area contributed by atoms with Crippen molar-refractivity contribution in [2.45, 2.75) is 142 Å². The van der Waals surface area contributed by atoms with Gasteiger partial charge in [-0.2, -0.15) is 0 Å². The lowest BCUT2D eigenvalue weighted by molar-refractivity contribution is 0.414. The van der Waals surface area contributed by atoms with Gasteiger partial charge in [0.25, 0.3) is 0 Å². The Morgan fingerprint density at radius 1 is 0.500 bits per heavy atom. The van der Waals surface area contributed by atoms with Crippen molar-refractivity contribution in [2.75, 3.05) is 20.0 Å². The molecule has 4 heteroatoms. The van der Waals surface area contributed by atoms with Gasteiger partial charge in [-0.15, -0.1) is 0 Å². The van der Waals surface area contributed by atoms with Crippen LogP contribution < -0.4 is 15.2 Å². The molecule has 40 heavy (non-hydrogen) atoms. The zero-order valence-electron chi connectivity index (χ0n) is 26.4. The molecule has 3 nitrogen and oxygen atoms in total. The molecule has 2 rings (SSSR count). The molecular formula is C36H60BrNO2. The van der Waals surface area contributed by atoms with Crippen LogP contribution in [-0.2, 0) is 12.8 Å². The van der Waals surface area contributed by atoms with E-state index in [1.807, 2.05) is 12.1 Å². The predicted molar refractivity (Wildman–Crippen MR) is 180 cm³/mol. The highest BCUT2D eigenvalue weighted by Gasteiger charge is 2.01. The molecule has 0 saturated heterocycles. The molecule has 0 aromatic heterocycles. The van der Waals surface area contributed by atoms with E-state index in [2.05, 4.69) is 54.0 Å². The Kier molecular flexibility index (Phi) is 22.8. The first kappa shape index (κ1) is 36.3. The number of anilines is 1. The number of unbranched alkanes of at least 4 members (excludes halogenated alkanes) is 16. The number of hydrogen-bond donors (Lipinski definition) is 1. The maximum atomic E-state index is 5.86. The Balaban J connectivity index is 0.000000400. The fourth-order valence-electron chi connectivity index (χ4n) is 5.11. The van der Waals surface area contributed by atoms with E-state index >= 15 is 0 Å². The fourth-order valence-corrected chi connectivity index (χ4v) is 5.63. The number of benzene rings is 2. The molecule has 2 N–H and O–H groups in total. The molecule has 0 amide bonds. The lowest BCUT2D eigenvalue weighted by Crippen LogP contribution is -1.93. The summed E-state index contributed by atoms with van der Waals surface area (Å²) in [7, 11) is 3.42. The van der Waals surface area contributed by atoms with E-state index < -0.39 is 0 Å². The molecule has 0 aliphatic carbocycles. The summed E-state index contributed by atoms with van der Waals surface area (Å²) in [6, 6.07) is 12.4. The first-order chi connectivity index (χ1) is 19.5. The summed E-state index contributed by atoms with van der Waals surface area (Å²) in [5, 5.41) is 0. The van der Waals surface area contributed by atoms with Crippen LogP contribution in [0.25, 0.3) is 0 Å². The van der Waals surface area contributed by atoms with Gasteiger partial charge >= 0.3 is 0 Å². The van der Waals surface area contributed by atoms with Crippen molar-refractivity contribution < 1.29 is 9.47 Å². The van der Waals surface area contributed by atoms with Gasteiger partial charge in [0, 0.05) is 16.2 Å². The Bertz CT molecular complexity index is 798. The topological polar surface area (TPSA) is 44.5 Å². The Hall–Kier alpha value is -1.68. The number of methoxy groups -OCH3 is 2. The van der Waals surface area contributed by atoms with E-state index in [0.717, 1.165) is 34.5 Å². The van der Waals surface area contributed by atoms with Crippen molar-refractivity contribution in [1.82, 2.24) is 0 Å². The zero-order chi connectivity index (χ0) is 29.3. The maximum absolute atomic E-state index is 5.86. The second kappa shape index (κ2) is 25.1. The quantitative estimate of drug-likeness (QED) is 0.105. The van der Waals surface area contributed by atoms with Gasteiger partial charge in [-0.1, -0.05) is 133 Å². The van der Waals surface area contributed by atoms with Crippen molar-refractivity contribution in [3.05, 3.63) is 52.0 Å². The predicted octanol–water partition coefficient (Wildman–Crippen LogP) is 11.9. The molecular weight excluding hydrogens is 558 g/mol. The van der Waals surface area contributed by atoms with E-state index in [1.165, 1.54) is 127 Å². The lowest BCUT2D eigenvalue weighted by atomic mass is 10.0. The van der Waals surface area contributed by atoms with Gasteiger partial charge in [0.2, 0.25) is 0 Å². The van der Waals surface area contributed by atoms with Crippen LogP contribution in [0.15, 0.2) is 40.9 Å². The van der Waals surface area contributed by atoms with Crippen molar-refractivity contribution in [2.24, 2.45) is 0 Å². The van der Waals surface area contributed by atoms with E-state index in [4.69, 9.17) is 15.2 Å². The minimum absolute atomic E-state index is 0.801. The zero-order valence-corrected chi connectivity index (χ0v) is 28.0. The van der Waals surface area contributed by atoms with E-state index in [-0.39, 0.29) is 0 Å². The first-order valence-corrected chi connectivity index (χ1v) is 17.1. The molecule has 0 spiro atoms. The van der Waals surface area contributed by atoms with E-state index in [9.17, 15) is 0 Å². The number of hydrogen-bond acceptors (Lipinski definition) is 3.